The Hall–Kier alpha value is -1.03. The fraction of sp³-hybridized carbons (Fsp3) is 0.417. The third-order valence-corrected chi connectivity index (χ3v) is 2.36. The first-order chi connectivity index (χ1) is 7.29. The zero-order chi connectivity index (χ0) is 12.3. The van der Waals surface area contributed by atoms with Crippen LogP contribution in [0.5, 0.6) is 0 Å². The summed E-state index contributed by atoms with van der Waals surface area (Å²) in [7, 11) is 1.69. The summed E-state index contributed by atoms with van der Waals surface area (Å²) in [5, 5.41) is 0. The van der Waals surface area contributed by atoms with Crippen molar-refractivity contribution >= 4 is 27.7 Å². The first-order valence-electron chi connectivity index (χ1n) is 5.02. The number of amides is 1. The summed E-state index contributed by atoms with van der Waals surface area (Å²) in [4.78, 5) is 13.2. The van der Waals surface area contributed by atoms with Crippen LogP contribution in [0.1, 0.15) is 20.8 Å². The number of rotatable bonds is 1. The molecule has 0 unspecified atom stereocenters. The van der Waals surface area contributed by atoms with Crippen LogP contribution in [0.4, 0.5) is 10.5 Å². The van der Waals surface area contributed by atoms with Gasteiger partial charge in [0.1, 0.15) is 5.60 Å². The van der Waals surface area contributed by atoms with Crippen LogP contribution in [0.25, 0.3) is 0 Å². The van der Waals surface area contributed by atoms with Crippen molar-refractivity contribution in [3.8, 4) is 0 Å². The molecule has 0 heterocycles. The molecule has 1 amide bonds. The van der Waals surface area contributed by atoms with Crippen molar-refractivity contribution in [1.29, 1.82) is 0 Å². The zero-order valence-corrected chi connectivity index (χ0v) is 11.5. The molecule has 0 saturated heterocycles. The number of carbonyl (C=O) groups is 1. The van der Waals surface area contributed by atoms with Gasteiger partial charge < -0.3 is 4.74 Å². The van der Waals surface area contributed by atoms with Gasteiger partial charge in [-0.05, 0) is 39.0 Å². The van der Waals surface area contributed by atoms with E-state index in [1.54, 1.807) is 7.05 Å². The van der Waals surface area contributed by atoms with Crippen molar-refractivity contribution in [2.75, 3.05) is 11.9 Å². The third-order valence-electron chi connectivity index (χ3n) is 1.86. The fourth-order valence-corrected chi connectivity index (χ4v) is 1.51. The number of benzene rings is 1. The van der Waals surface area contributed by atoms with E-state index in [-0.39, 0.29) is 6.09 Å². The standard InChI is InChI=1S/C12H16BrNO2/c1-12(2,3)16-11(15)14(4)10-7-5-6-9(13)8-10/h5-8H,1-4H3. The van der Waals surface area contributed by atoms with Crippen LogP contribution < -0.4 is 4.90 Å². The van der Waals surface area contributed by atoms with Crippen molar-refractivity contribution < 1.29 is 9.53 Å². The van der Waals surface area contributed by atoms with E-state index in [2.05, 4.69) is 15.9 Å². The molecule has 1 rings (SSSR count). The Labute approximate surface area is 105 Å². The van der Waals surface area contributed by atoms with Crippen molar-refractivity contribution in [2.45, 2.75) is 26.4 Å². The lowest BCUT2D eigenvalue weighted by molar-refractivity contribution is 0.0589. The number of hydrogen-bond acceptors (Lipinski definition) is 2. The Morgan fingerprint density at radius 3 is 2.50 bits per heavy atom. The molecule has 0 aliphatic rings. The molecule has 0 aliphatic heterocycles. The molecule has 0 fully saturated rings. The van der Waals surface area contributed by atoms with Gasteiger partial charge in [0.05, 0.1) is 0 Å². The highest BCUT2D eigenvalue weighted by molar-refractivity contribution is 9.10. The van der Waals surface area contributed by atoms with E-state index in [4.69, 9.17) is 4.74 Å². The minimum atomic E-state index is -0.475. The molecule has 3 nitrogen and oxygen atoms in total. The van der Waals surface area contributed by atoms with Gasteiger partial charge in [-0.25, -0.2) is 4.79 Å². The monoisotopic (exact) mass is 285 g/mol. The third kappa shape index (κ3) is 3.85. The molecule has 1 aromatic carbocycles. The van der Waals surface area contributed by atoms with Crippen LogP contribution in [0.2, 0.25) is 0 Å². The molecule has 0 spiro atoms. The second kappa shape index (κ2) is 4.87. The highest BCUT2D eigenvalue weighted by atomic mass is 79.9. The van der Waals surface area contributed by atoms with Crippen LogP contribution >= 0.6 is 15.9 Å². The maximum atomic E-state index is 11.8. The molecule has 16 heavy (non-hydrogen) atoms. The van der Waals surface area contributed by atoms with Gasteiger partial charge in [0.2, 0.25) is 0 Å². The number of hydrogen-bond donors (Lipinski definition) is 0. The molecule has 0 N–H and O–H groups in total. The van der Waals surface area contributed by atoms with Gasteiger partial charge in [-0.2, -0.15) is 0 Å². The number of nitrogens with zero attached hydrogens (tertiary/aromatic N) is 1. The minimum absolute atomic E-state index is 0.356. The lowest BCUT2D eigenvalue weighted by Gasteiger charge is -2.24. The van der Waals surface area contributed by atoms with Gasteiger partial charge in [0, 0.05) is 17.2 Å². The van der Waals surface area contributed by atoms with E-state index < -0.39 is 5.60 Å². The van der Waals surface area contributed by atoms with Gasteiger partial charge in [-0.3, -0.25) is 4.90 Å². The zero-order valence-electron chi connectivity index (χ0n) is 9.95. The Morgan fingerprint density at radius 1 is 1.38 bits per heavy atom. The lowest BCUT2D eigenvalue weighted by atomic mass is 10.2. The maximum Gasteiger partial charge on any atom is 0.414 e. The summed E-state index contributed by atoms with van der Waals surface area (Å²) >= 11 is 3.36. The SMILES string of the molecule is CN(C(=O)OC(C)(C)C)c1cccc(Br)c1. The van der Waals surface area contributed by atoms with E-state index in [0.29, 0.717) is 0 Å². The Balaban J connectivity index is 2.78. The minimum Gasteiger partial charge on any atom is -0.443 e. The van der Waals surface area contributed by atoms with Crippen LogP contribution in [-0.4, -0.2) is 18.7 Å². The second-order valence-electron chi connectivity index (χ2n) is 4.52. The Kier molecular flexibility index (Phi) is 3.97. The maximum absolute atomic E-state index is 11.8. The molecule has 4 heteroatoms. The molecular formula is C12H16BrNO2. The first-order valence-corrected chi connectivity index (χ1v) is 5.81. The van der Waals surface area contributed by atoms with E-state index in [0.717, 1.165) is 10.2 Å². The number of ether oxygens (including phenoxy) is 1. The smallest absolute Gasteiger partial charge is 0.414 e. The molecule has 0 atom stereocenters. The van der Waals surface area contributed by atoms with Gasteiger partial charge in [0.25, 0.3) is 0 Å². The second-order valence-corrected chi connectivity index (χ2v) is 5.43. The van der Waals surface area contributed by atoms with E-state index in [9.17, 15) is 4.79 Å². The summed E-state index contributed by atoms with van der Waals surface area (Å²) in [5.74, 6) is 0. The van der Waals surface area contributed by atoms with Gasteiger partial charge >= 0.3 is 6.09 Å². The molecule has 1 aromatic rings. The highest BCUT2D eigenvalue weighted by Gasteiger charge is 2.20. The normalized spacial score (nSPS) is 11.1. The highest BCUT2D eigenvalue weighted by Crippen LogP contribution is 2.20. The van der Waals surface area contributed by atoms with Crippen molar-refractivity contribution in [1.82, 2.24) is 0 Å². The summed E-state index contributed by atoms with van der Waals surface area (Å²) in [6, 6.07) is 7.51. The lowest BCUT2D eigenvalue weighted by Crippen LogP contribution is -2.34. The summed E-state index contributed by atoms with van der Waals surface area (Å²) in [6.07, 6.45) is -0.356. The summed E-state index contributed by atoms with van der Waals surface area (Å²) in [5.41, 5.74) is 0.320. The van der Waals surface area contributed by atoms with Crippen LogP contribution in [0.3, 0.4) is 0 Å². The van der Waals surface area contributed by atoms with Gasteiger partial charge in [-0.15, -0.1) is 0 Å². The molecular weight excluding hydrogens is 270 g/mol. The Morgan fingerprint density at radius 2 is 2.00 bits per heavy atom. The summed E-state index contributed by atoms with van der Waals surface area (Å²) < 4.78 is 6.20. The van der Waals surface area contributed by atoms with Crippen LogP contribution in [0, 0.1) is 0 Å². The molecule has 0 bridgehead atoms. The topological polar surface area (TPSA) is 29.5 Å². The van der Waals surface area contributed by atoms with Crippen molar-refractivity contribution in [3.63, 3.8) is 0 Å². The molecule has 0 aromatic heterocycles. The van der Waals surface area contributed by atoms with E-state index >= 15 is 0 Å². The predicted molar refractivity (Wildman–Crippen MR) is 68.8 cm³/mol. The molecule has 0 aliphatic carbocycles. The predicted octanol–water partition coefficient (Wildman–Crippen LogP) is 3.82. The molecule has 88 valence electrons. The van der Waals surface area contributed by atoms with Crippen LogP contribution in [0.15, 0.2) is 28.7 Å². The van der Waals surface area contributed by atoms with Gasteiger partial charge in [0.15, 0.2) is 0 Å². The van der Waals surface area contributed by atoms with Crippen molar-refractivity contribution in [2.24, 2.45) is 0 Å². The van der Waals surface area contributed by atoms with Crippen LogP contribution in [-0.2, 0) is 4.74 Å². The first kappa shape index (κ1) is 13.0. The van der Waals surface area contributed by atoms with Crippen molar-refractivity contribution in [3.05, 3.63) is 28.7 Å². The van der Waals surface area contributed by atoms with Gasteiger partial charge in [-0.1, -0.05) is 22.0 Å². The number of carbonyl (C=O) groups excluding carboxylic acids is 1. The largest absolute Gasteiger partial charge is 0.443 e. The molecule has 0 saturated carbocycles. The average molecular weight is 286 g/mol. The quantitative estimate of drug-likeness (QED) is 0.785. The summed E-state index contributed by atoms with van der Waals surface area (Å²) in [6.45, 7) is 5.54. The van der Waals surface area contributed by atoms with E-state index in [1.165, 1.54) is 4.90 Å². The molecule has 0 radical (unpaired) electrons. The number of halogens is 1. The fourth-order valence-electron chi connectivity index (χ4n) is 1.12. The average Bonchev–Trinajstić information content (AvgIpc) is 2.14. The van der Waals surface area contributed by atoms with E-state index in [1.807, 2.05) is 45.0 Å². The number of anilines is 1. The Bertz CT molecular complexity index is 385.